The van der Waals surface area contributed by atoms with Crippen LogP contribution in [-0.4, -0.2) is 28.6 Å². The monoisotopic (exact) mass is 283 g/mol. The van der Waals surface area contributed by atoms with Crippen LogP contribution in [0.1, 0.15) is 25.8 Å². The number of aromatic nitrogens is 1. The van der Waals surface area contributed by atoms with Crippen LogP contribution in [-0.2, 0) is 4.79 Å². The molecule has 0 aliphatic rings. The summed E-state index contributed by atoms with van der Waals surface area (Å²) in [5, 5.41) is 19.2. The molecule has 2 rings (SSSR count). The Bertz CT molecular complexity index is 706. The van der Waals surface area contributed by atoms with Crippen molar-refractivity contribution >= 4 is 22.6 Å². The Labute approximate surface area is 123 Å². The van der Waals surface area contributed by atoms with Gasteiger partial charge >= 0.3 is 5.97 Å². The summed E-state index contributed by atoms with van der Waals surface area (Å²) in [6.45, 7) is 4.43. The van der Waals surface area contributed by atoms with E-state index in [0.717, 1.165) is 16.6 Å². The first-order chi connectivity index (χ1) is 10.1. The highest BCUT2D eigenvalue weighted by Crippen LogP contribution is 2.31. The summed E-state index contributed by atoms with van der Waals surface area (Å²) in [5.41, 5.74) is 2.03. The minimum atomic E-state index is -0.849. The maximum Gasteiger partial charge on any atom is 0.305 e. The number of pyridine rings is 1. The van der Waals surface area contributed by atoms with E-state index in [0.29, 0.717) is 12.1 Å². The molecule has 0 radical (unpaired) electrons. The number of fused-ring (bicyclic) bond motifs is 1. The molecular weight excluding hydrogens is 266 g/mol. The van der Waals surface area contributed by atoms with Gasteiger partial charge in [0.2, 0.25) is 0 Å². The van der Waals surface area contributed by atoms with Crippen LogP contribution in [0.2, 0.25) is 0 Å². The van der Waals surface area contributed by atoms with Crippen molar-refractivity contribution in [3.05, 3.63) is 36.0 Å². The van der Waals surface area contributed by atoms with Gasteiger partial charge in [-0.15, -0.1) is 0 Å². The number of carboxylic acids is 1. The van der Waals surface area contributed by atoms with E-state index < -0.39 is 5.97 Å². The fraction of sp³-hybridized carbons (Fsp3) is 0.312. The van der Waals surface area contributed by atoms with Crippen LogP contribution in [0.15, 0.2) is 30.5 Å². The van der Waals surface area contributed by atoms with E-state index in [1.165, 1.54) is 0 Å². The van der Waals surface area contributed by atoms with Crippen molar-refractivity contribution in [3.63, 3.8) is 0 Å². The molecule has 0 aliphatic heterocycles. The van der Waals surface area contributed by atoms with Crippen molar-refractivity contribution in [2.75, 3.05) is 11.4 Å². The van der Waals surface area contributed by atoms with E-state index in [2.05, 4.69) is 11.1 Å². The number of anilines is 1. The summed E-state index contributed by atoms with van der Waals surface area (Å²) < 4.78 is 0. The fourth-order valence-electron chi connectivity index (χ4n) is 2.57. The van der Waals surface area contributed by atoms with E-state index >= 15 is 0 Å². The van der Waals surface area contributed by atoms with Gasteiger partial charge in [-0.25, -0.2) is 0 Å². The van der Waals surface area contributed by atoms with Gasteiger partial charge in [-0.3, -0.25) is 9.78 Å². The second-order valence-electron chi connectivity index (χ2n) is 4.88. The number of aliphatic carboxylic acids is 1. The normalized spacial score (nSPS) is 11.9. The van der Waals surface area contributed by atoms with Gasteiger partial charge in [0.05, 0.1) is 23.2 Å². The summed E-state index contributed by atoms with van der Waals surface area (Å²) in [5.74, 6) is -0.849. The molecule has 1 atom stereocenters. The third-order valence-corrected chi connectivity index (χ3v) is 3.50. The topological polar surface area (TPSA) is 77.2 Å². The Morgan fingerprint density at radius 3 is 2.81 bits per heavy atom. The smallest absolute Gasteiger partial charge is 0.305 e. The lowest BCUT2D eigenvalue weighted by Crippen LogP contribution is -2.35. The number of nitrogens with zero attached hydrogens (tertiary/aromatic N) is 3. The summed E-state index contributed by atoms with van der Waals surface area (Å²) in [7, 11) is 0. The molecule has 1 N–H and O–H groups in total. The largest absolute Gasteiger partial charge is 0.481 e. The van der Waals surface area contributed by atoms with Gasteiger partial charge in [0.25, 0.3) is 0 Å². The molecule has 0 saturated carbocycles. The third-order valence-electron chi connectivity index (χ3n) is 3.50. The Kier molecular flexibility index (Phi) is 4.39. The fourth-order valence-corrected chi connectivity index (χ4v) is 2.57. The van der Waals surface area contributed by atoms with Gasteiger partial charge in [-0.2, -0.15) is 5.26 Å². The predicted molar refractivity (Wildman–Crippen MR) is 81.2 cm³/mol. The number of rotatable bonds is 5. The molecular formula is C16H17N3O2. The lowest BCUT2D eigenvalue weighted by atomic mass is 10.1. The average molecular weight is 283 g/mol. The first kappa shape index (κ1) is 14.8. The zero-order chi connectivity index (χ0) is 15.4. The molecule has 1 unspecified atom stereocenters. The molecule has 0 aliphatic carbocycles. The average Bonchev–Trinajstić information content (AvgIpc) is 2.47. The zero-order valence-corrected chi connectivity index (χ0v) is 12.1. The molecule has 0 spiro atoms. The summed E-state index contributed by atoms with van der Waals surface area (Å²) in [4.78, 5) is 17.2. The van der Waals surface area contributed by atoms with Crippen LogP contribution >= 0.6 is 0 Å². The van der Waals surface area contributed by atoms with Crippen molar-refractivity contribution in [1.82, 2.24) is 4.98 Å². The molecule has 0 bridgehead atoms. The lowest BCUT2D eigenvalue weighted by molar-refractivity contribution is -0.137. The van der Waals surface area contributed by atoms with Gasteiger partial charge in [0.1, 0.15) is 6.07 Å². The summed E-state index contributed by atoms with van der Waals surface area (Å²) in [6, 6.07) is 9.54. The van der Waals surface area contributed by atoms with E-state index in [-0.39, 0.29) is 12.5 Å². The standard InChI is InChI=1S/C16H17N3O2/c1-3-19(11(2)8-15(20)21)16-12(9-17)10-18-14-7-5-4-6-13(14)16/h4-7,10-11H,3,8H2,1-2H3,(H,20,21). The third kappa shape index (κ3) is 2.95. The number of nitriles is 1. The first-order valence-corrected chi connectivity index (χ1v) is 6.84. The van der Waals surface area contributed by atoms with E-state index in [9.17, 15) is 10.1 Å². The van der Waals surface area contributed by atoms with Gasteiger partial charge < -0.3 is 10.0 Å². The highest BCUT2D eigenvalue weighted by atomic mass is 16.4. The molecule has 0 fully saturated rings. The Hall–Kier alpha value is -2.61. The van der Waals surface area contributed by atoms with Gasteiger partial charge in [-0.05, 0) is 19.9 Å². The number of carbonyl (C=O) groups is 1. The van der Waals surface area contributed by atoms with E-state index in [1.807, 2.05) is 43.0 Å². The first-order valence-electron chi connectivity index (χ1n) is 6.84. The van der Waals surface area contributed by atoms with E-state index in [1.54, 1.807) is 6.20 Å². The molecule has 108 valence electrons. The van der Waals surface area contributed by atoms with Crippen molar-refractivity contribution in [2.45, 2.75) is 26.3 Å². The van der Waals surface area contributed by atoms with Crippen LogP contribution in [0, 0.1) is 11.3 Å². The molecule has 0 amide bonds. The van der Waals surface area contributed by atoms with Crippen LogP contribution < -0.4 is 4.90 Å². The van der Waals surface area contributed by atoms with Crippen LogP contribution in [0.5, 0.6) is 0 Å². The van der Waals surface area contributed by atoms with Gasteiger partial charge in [0, 0.05) is 24.2 Å². The molecule has 5 heteroatoms. The highest BCUT2D eigenvalue weighted by molar-refractivity contribution is 5.94. The molecule has 2 aromatic rings. The highest BCUT2D eigenvalue weighted by Gasteiger charge is 2.21. The van der Waals surface area contributed by atoms with E-state index in [4.69, 9.17) is 5.11 Å². The van der Waals surface area contributed by atoms with Crippen LogP contribution in [0.4, 0.5) is 5.69 Å². The lowest BCUT2D eigenvalue weighted by Gasteiger charge is -2.31. The zero-order valence-electron chi connectivity index (χ0n) is 12.1. The number of carboxylic acid groups (broad SMARTS) is 1. The second-order valence-corrected chi connectivity index (χ2v) is 4.88. The molecule has 0 saturated heterocycles. The Morgan fingerprint density at radius 2 is 2.19 bits per heavy atom. The molecule has 1 aromatic carbocycles. The van der Waals surface area contributed by atoms with Crippen molar-refractivity contribution in [1.29, 1.82) is 5.26 Å². The van der Waals surface area contributed by atoms with Gasteiger partial charge in [-0.1, -0.05) is 18.2 Å². The maximum absolute atomic E-state index is 11.0. The van der Waals surface area contributed by atoms with Crippen molar-refractivity contribution in [2.24, 2.45) is 0 Å². The van der Waals surface area contributed by atoms with Gasteiger partial charge in [0.15, 0.2) is 0 Å². The molecule has 21 heavy (non-hydrogen) atoms. The quantitative estimate of drug-likeness (QED) is 0.913. The number of hydrogen-bond donors (Lipinski definition) is 1. The van der Waals surface area contributed by atoms with Crippen molar-refractivity contribution < 1.29 is 9.90 Å². The molecule has 5 nitrogen and oxygen atoms in total. The number of benzene rings is 1. The Morgan fingerprint density at radius 1 is 1.48 bits per heavy atom. The SMILES string of the molecule is CCN(c1c(C#N)cnc2ccccc12)C(C)CC(=O)O. The Balaban J connectivity index is 2.61. The van der Waals surface area contributed by atoms with Crippen molar-refractivity contribution in [3.8, 4) is 6.07 Å². The number of hydrogen-bond acceptors (Lipinski definition) is 4. The molecule has 1 aromatic heterocycles. The maximum atomic E-state index is 11.0. The number of para-hydroxylation sites is 1. The summed E-state index contributed by atoms with van der Waals surface area (Å²) in [6.07, 6.45) is 1.57. The van der Waals surface area contributed by atoms with Crippen LogP contribution in [0.25, 0.3) is 10.9 Å². The second kappa shape index (κ2) is 6.23. The predicted octanol–water partition coefficient (Wildman–Crippen LogP) is 2.80. The molecule has 1 heterocycles. The summed E-state index contributed by atoms with van der Waals surface area (Å²) >= 11 is 0. The van der Waals surface area contributed by atoms with Crippen LogP contribution in [0.3, 0.4) is 0 Å². The minimum Gasteiger partial charge on any atom is -0.481 e. The minimum absolute atomic E-state index is 0.0232.